The van der Waals surface area contributed by atoms with E-state index in [1.807, 2.05) is 0 Å². The van der Waals surface area contributed by atoms with Gasteiger partial charge in [0, 0.05) is 17.8 Å². The highest BCUT2D eigenvalue weighted by atomic mass is 16.5. The molecule has 0 saturated heterocycles. The van der Waals surface area contributed by atoms with Crippen molar-refractivity contribution in [3.8, 4) is 5.75 Å². The summed E-state index contributed by atoms with van der Waals surface area (Å²) < 4.78 is 5.27. The van der Waals surface area contributed by atoms with Gasteiger partial charge in [0.15, 0.2) is 5.54 Å². The van der Waals surface area contributed by atoms with Crippen LogP contribution in [0.15, 0.2) is 84.9 Å². The number of rotatable bonds is 12. The number of methoxy groups -OCH3 is 1. The van der Waals surface area contributed by atoms with Crippen LogP contribution in [0.1, 0.15) is 32.3 Å². The van der Waals surface area contributed by atoms with Gasteiger partial charge in [0.1, 0.15) is 11.8 Å². The molecule has 1 unspecified atom stereocenters. The van der Waals surface area contributed by atoms with Gasteiger partial charge in [0.25, 0.3) is 5.91 Å². The number of para-hydroxylation sites is 2. The number of urea groups is 1. The van der Waals surface area contributed by atoms with Gasteiger partial charge in [-0.05, 0) is 54.3 Å². The fourth-order valence-corrected chi connectivity index (χ4v) is 4.71. The van der Waals surface area contributed by atoms with Crippen LogP contribution < -0.4 is 26.0 Å². The molecule has 210 valence electrons. The number of ether oxygens (including phenoxy) is 1. The van der Waals surface area contributed by atoms with Crippen LogP contribution in [-0.4, -0.2) is 42.1 Å². The van der Waals surface area contributed by atoms with Crippen LogP contribution in [0.5, 0.6) is 5.75 Å². The summed E-state index contributed by atoms with van der Waals surface area (Å²) in [6, 6.07) is 21.7. The summed E-state index contributed by atoms with van der Waals surface area (Å²) >= 11 is 0. The second kappa shape index (κ2) is 13.3. The van der Waals surface area contributed by atoms with Crippen molar-refractivity contribution in [2.75, 3.05) is 17.3 Å². The first-order valence-electron chi connectivity index (χ1n) is 12.8. The number of nitrogens with zero attached hydrogens (tertiary/aromatic N) is 1. The molecule has 0 aromatic heterocycles. The average Bonchev–Trinajstić information content (AvgIpc) is 2.94. The van der Waals surface area contributed by atoms with Crippen LogP contribution >= 0.6 is 0 Å². The van der Waals surface area contributed by atoms with E-state index >= 15 is 0 Å². The maximum absolute atomic E-state index is 14.5. The SMILES string of the molecule is COc1ccc(C(C(N)=O)(C(C)C)N(C(=O)[C@@H](CCC(=O)O)NC(=O)Nc2ccccc2)c2ccccc2)cc1. The summed E-state index contributed by atoms with van der Waals surface area (Å²) in [5.74, 6) is -2.63. The molecule has 0 saturated carbocycles. The number of anilines is 2. The van der Waals surface area contributed by atoms with Gasteiger partial charge < -0.3 is 26.2 Å². The lowest BCUT2D eigenvalue weighted by Gasteiger charge is -2.46. The Labute approximate surface area is 233 Å². The standard InChI is InChI=1S/C30H34N4O6/c1-20(2)30(28(31)38,21-14-16-24(40-3)17-15-21)34(23-12-8-5-9-13-23)27(37)25(18-19-26(35)36)33-29(39)32-22-10-6-4-7-11-22/h4-17,20,25H,18-19H2,1-3H3,(H2,31,38)(H,35,36)(H2,32,33,39)/t25-,30?/m1/s1. The molecule has 0 spiro atoms. The van der Waals surface area contributed by atoms with Crippen LogP contribution in [0.2, 0.25) is 0 Å². The molecule has 0 bridgehead atoms. The Morgan fingerprint density at radius 3 is 2.00 bits per heavy atom. The zero-order valence-electron chi connectivity index (χ0n) is 22.7. The second-order valence-corrected chi connectivity index (χ2v) is 9.47. The van der Waals surface area contributed by atoms with Crippen LogP contribution in [0, 0.1) is 5.92 Å². The zero-order valence-corrected chi connectivity index (χ0v) is 22.7. The van der Waals surface area contributed by atoms with E-state index in [0.29, 0.717) is 22.7 Å². The Kier molecular flexibility index (Phi) is 9.86. The fourth-order valence-electron chi connectivity index (χ4n) is 4.71. The maximum atomic E-state index is 14.5. The summed E-state index contributed by atoms with van der Waals surface area (Å²) in [7, 11) is 1.51. The molecule has 3 aromatic rings. The monoisotopic (exact) mass is 546 g/mol. The van der Waals surface area contributed by atoms with Crippen molar-refractivity contribution in [2.24, 2.45) is 11.7 Å². The highest BCUT2D eigenvalue weighted by Gasteiger charge is 2.51. The van der Waals surface area contributed by atoms with E-state index < -0.39 is 47.7 Å². The number of nitrogens with one attached hydrogen (secondary N) is 2. The van der Waals surface area contributed by atoms with Gasteiger partial charge in [-0.1, -0.05) is 62.4 Å². The van der Waals surface area contributed by atoms with E-state index in [9.17, 15) is 24.3 Å². The lowest BCUT2D eigenvalue weighted by atomic mass is 9.76. The molecule has 0 heterocycles. The third-order valence-electron chi connectivity index (χ3n) is 6.61. The molecule has 3 rings (SSSR count). The van der Waals surface area contributed by atoms with Gasteiger partial charge in [0.2, 0.25) is 5.91 Å². The third kappa shape index (κ3) is 6.58. The average molecular weight is 547 g/mol. The smallest absolute Gasteiger partial charge is 0.319 e. The van der Waals surface area contributed by atoms with Crippen molar-refractivity contribution in [3.63, 3.8) is 0 Å². The Balaban J connectivity index is 2.15. The molecule has 0 radical (unpaired) electrons. The number of carbonyl (C=O) groups is 4. The van der Waals surface area contributed by atoms with Gasteiger partial charge in [0.05, 0.1) is 7.11 Å². The summed E-state index contributed by atoms with van der Waals surface area (Å²) in [6.45, 7) is 3.53. The highest BCUT2D eigenvalue weighted by molar-refractivity contribution is 6.07. The van der Waals surface area contributed by atoms with Gasteiger partial charge in [-0.25, -0.2) is 4.79 Å². The largest absolute Gasteiger partial charge is 0.497 e. The first kappa shape index (κ1) is 29.7. The van der Waals surface area contributed by atoms with Gasteiger partial charge in [-0.3, -0.25) is 19.3 Å². The molecule has 0 aliphatic carbocycles. The number of carboxylic acids is 1. The van der Waals surface area contributed by atoms with E-state index in [-0.39, 0.29) is 6.42 Å². The van der Waals surface area contributed by atoms with Crippen molar-refractivity contribution in [1.82, 2.24) is 5.32 Å². The normalized spacial score (nSPS) is 13.0. The maximum Gasteiger partial charge on any atom is 0.319 e. The van der Waals surface area contributed by atoms with Gasteiger partial charge in [-0.2, -0.15) is 0 Å². The van der Waals surface area contributed by atoms with E-state index in [1.165, 1.54) is 12.0 Å². The van der Waals surface area contributed by atoms with Gasteiger partial charge in [-0.15, -0.1) is 0 Å². The van der Waals surface area contributed by atoms with Crippen LogP contribution in [-0.2, 0) is 19.9 Å². The van der Waals surface area contributed by atoms with Crippen molar-refractivity contribution < 1.29 is 29.0 Å². The molecule has 5 N–H and O–H groups in total. The molecule has 0 aliphatic rings. The van der Waals surface area contributed by atoms with E-state index in [2.05, 4.69) is 10.6 Å². The predicted molar refractivity (Wildman–Crippen MR) is 152 cm³/mol. The number of carbonyl (C=O) groups excluding carboxylic acids is 3. The Bertz CT molecular complexity index is 1320. The zero-order chi connectivity index (χ0) is 29.3. The summed E-state index contributed by atoms with van der Waals surface area (Å²) in [6.07, 6.45) is -0.631. The van der Waals surface area contributed by atoms with Crippen molar-refractivity contribution in [3.05, 3.63) is 90.5 Å². The summed E-state index contributed by atoms with van der Waals surface area (Å²) in [4.78, 5) is 53.7. The number of carboxylic acid groups (broad SMARTS) is 1. The lowest BCUT2D eigenvalue weighted by molar-refractivity contribution is -0.137. The minimum absolute atomic E-state index is 0.227. The molecule has 10 heteroatoms. The number of hydrogen-bond acceptors (Lipinski definition) is 5. The third-order valence-corrected chi connectivity index (χ3v) is 6.61. The van der Waals surface area contributed by atoms with Gasteiger partial charge >= 0.3 is 12.0 Å². The van der Waals surface area contributed by atoms with E-state index in [4.69, 9.17) is 10.5 Å². The summed E-state index contributed by atoms with van der Waals surface area (Å²) in [5, 5.41) is 14.7. The number of nitrogens with two attached hydrogens (primary N) is 1. The minimum atomic E-state index is -1.70. The molecular weight excluding hydrogens is 512 g/mol. The first-order chi connectivity index (χ1) is 19.1. The number of primary amides is 1. The van der Waals surface area contributed by atoms with Crippen molar-refractivity contribution >= 4 is 35.2 Å². The fraction of sp³-hybridized carbons (Fsp3) is 0.267. The van der Waals surface area contributed by atoms with Crippen molar-refractivity contribution in [1.29, 1.82) is 0 Å². The summed E-state index contributed by atoms with van der Waals surface area (Å²) in [5.41, 5.74) is 5.68. The molecular formula is C30H34N4O6. The topological polar surface area (TPSA) is 151 Å². The number of hydrogen-bond donors (Lipinski definition) is 4. The molecule has 0 aliphatic heterocycles. The second-order valence-electron chi connectivity index (χ2n) is 9.47. The number of amides is 4. The lowest BCUT2D eigenvalue weighted by Crippen LogP contribution is -2.64. The van der Waals surface area contributed by atoms with Crippen LogP contribution in [0.25, 0.3) is 0 Å². The number of aliphatic carboxylic acids is 1. The quantitative estimate of drug-likeness (QED) is 0.268. The Morgan fingerprint density at radius 1 is 0.925 bits per heavy atom. The molecule has 40 heavy (non-hydrogen) atoms. The first-order valence-corrected chi connectivity index (χ1v) is 12.8. The Morgan fingerprint density at radius 2 is 1.50 bits per heavy atom. The molecule has 0 fully saturated rings. The Hall–Kier alpha value is -4.86. The van der Waals surface area contributed by atoms with Crippen molar-refractivity contribution in [2.45, 2.75) is 38.3 Å². The van der Waals surface area contributed by atoms with E-state index in [0.717, 1.165) is 0 Å². The molecule has 2 atom stereocenters. The number of benzene rings is 3. The predicted octanol–water partition coefficient (Wildman–Crippen LogP) is 4.12. The minimum Gasteiger partial charge on any atom is -0.497 e. The van der Waals surface area contributed by atoms with Crippen LogP contribution in [0.3, 0.4) is 0 Å². The van der Waals surface area contributed by atoms with Crippen LogP contribution in [0.4, 0.5) is 16.2 Å². The highest BCUT2D eigenvalue weighted by Crippen LogP contribution is 2.41. The van der Waals surface area contributed by atoms with E-state index in [1.54, 1.807) is 98.8 Å². The molecule has 3 aromatic carbocycles. The molecule has 4 amide bonds. The molecule has 10 nitrogen and oxygen atoms in total.